The SMILES string of the molecule is COc1ccc(NS(=O)(=O)c2cc(NC(=O)c3sc4cc(F)ccc4c3Cl)ccc2N2CCOCC2)cc1. The van der Waals surface area contributed by atoms with Crippen molar-refractivity contribution in [2.75, 3.05) is 48.4 Å². The van der Waals surface area contributed by atoms with Crippen LogP contribution in [0.4, 0.5) is 21.5 Å². The smallest absolute Gasteiger partial charge is 0.267 e. The number of sulfonamides is 1. The van der Waals surface area contributed by atoms with Gasteiger partial charge in [0.15, 0.2) is 0 Å². The number of nitrogens with one attached hydrogen (secondary N) is 2. The van der Waals surface area contributed by atoms with Crippen molar-refractivity contribution in [1.29, 1.82) is 0 Å². The summed E-state index contributed by atoms with van der Waals surface area (Å²) in [7, 11) is -2.53. The Morgan fingerprint density at radius 1 is 1.05 bits per heavy atom. The van der Waals surface area contributed by atoms with E-state index < -0.39 is 21.7 Å². The highest BCUT2D eigenvalue weighted by Crippen LogP contribution is 2.37. The van der Waals surface area contributed by atoms with E-state index >= 15 is 0 Å². The van der Waals surface area contributed by atoms with E-state index in [1.165, 1.54) is 31.4 Å². The monoisotopic (exact) mass is 575 g/mol. The lowest BCUT2D eigenvalue weighted by Crippen LogP contribution is -2.37. The van der Waals surface area contributed by atoms with Crippen LogP contribution in [0.1, 0.15) is 9.67 Å². The maximum atomic E-state index is 13.6. The van der Waals surface area contributed by atoms with Gasteiger partial charge in [0.25, 0.3) is 15.9 Å². The van der Waals surface area contributed by atoms with Crippen LogP contribution >= 0.6 is 22.9 Å². The zero-order valence-electron chi connectivity index (χ0n) is 20.2. The molecular weight excluding hydrogens is 553 g/mol. The minimum Gasteiger partial charge on any atom is -0.497 e. The second kappa shape index (κ2) is 10.8. The molecule has 198 valence electrons. The van der Waals surface area contributed by atoms with Gasteiger partial charge in [0.1, 0.15) is 21.3 Å². The largest absolute Gasteiger partial charge is 0.497 e. The number of hydrogen-bond acceptors (Lipinski definition) is 7. The summed E-state index contributed by atoms with van der Waals surface area (Å²) in [6.07, 6.45) is 0. The van der Waals surface area contributed by atoms with Crippen molar-refractivity contribution < 1.29 is 27.1 Å². The van der Waals surface area contributed by atoms with Gasteiger partial charge >= 0.3 is 0 Å². The van der Waals surface area contributed by atoms with E-state index in [9.17, 15) is 17.6 Å². The number of fused-ring (bicyclic) bond motifs is 1. The number of carbonyl (C=O) groups excluding carboxylic acids is 1. The van der Waals surface area contributed by atoms with Gasteiger partial charge in [-0.2, -0.15) is 0 Å². The van der Waals surface area contributed by atoms with Gasteiger partial charge in [0.05, 0.1) is 31.0 Å². The van der Waals surface area contributed by atoms with Crippen molar-refractivity contribution in [1.82, 2.24) is 0 Å². The molecule has 0 bridgehead atoms. The number of ether oxygens (including phenoxy) is 2. The van der Waals surface area contributed by atoms with Crippen LogP contribution < -0.4 is 19.7 Å². The van der Waals surface area contributed by atoms with E-state index in [4.69, 9.17) is 21.1 Å². The zero-order chi connectivity index (χ0) is 26.9. The number of hydrogen-bond donors (Lipinski definition) is 2. The summed E-state index contributed by atoms with van der Waals surface area (Å²) >= 11 is 7.47. The molecule has 2 heterocycles. The predicted octanol–water partition coefficient (Wildman–Crippen LogP) is 5.59. The van der Waals surface area contributed by atoms with Crippen molar-refractivity contribution >= 4 is 66.0 Å². The third-order valence-corrected chi connectivity index (χ3v) is 9.07. The first-order valence-electron chi connectivity index (χ1n) is 11.6. The third-order valence-electron chi connectivity index (χ3n) is 6.00. The molecule has 0 unspecified atom stereocenters. The lowest BCUT2D eigenvalue weighted by atomic mass is 10.2. The molecule has 8 nitrogen and oxygen atoms in total. The van der Waals surface area contributed by atoms with E-state index in [0.29, 0.717) is 53.5 Å². The lowest BCUT2D eigenvalue weighted by Gasteiger charge is -2.30. The van der Waals surface area contributed by atoms with Gasteiger partial charge < -0.3 is 19.7 Å². The Morgan fingerprint density at radius 3 is 2.47 bits per heavy atom. The van der Waals surface area contributed by atoms with Crippen LogP contribution in [0.15, 0.2) is 65.6 Å². The maximum Gasteiger partial charge on any atom is 0.267 e. The summed E-state index contributed by atoms with van der Waals surface area (Å²) in [6, 6.07) is 15.3. The van der Waals surface area contributed by atoms with E-state index in [-0.39, 0.29) is 20.5 Å². The second-order valence-electron chi connectivity index (χ2n) is 8.46. The fourth-order valence-electron chi connectivity index (χ4n) is 4.11. The first-order chi connectivity index (χ1) is 18.2. The summed E-state index contributed by atoms with van der Waals surface area (Å²) in [5, 5.41) is 3.51. The molecule has 0 radical (unpaired) electrons. The topological polar surface area (TPSA) is 97.0 Å². The molecule has 0 spiro atoms. The number of morpholine rings is 1. The quantitative estimate of drug-likeness (QED) is 0.298. The summed E-state index contributed by atoms with van der Waals surface area (Å²) in [4.78, 5) is 15.2. The van der Waals surface area contributed by atoms with E-state index in [2.05, 4.69) is 10.0 Å². The first kappa shape index (κ1) is 26.2. The first-order valence-corrected chi connectivity index (χ1v) is 14.3. The number of benzene rings is 3. The Hall–Kier alpha value is -3.38. The number of anilines is 3. The molecule has 12 heteroatoms. The number of rotatable bonds is 7. The molecule has 2 N–H and O–H groups in total. The number of halogens is 2. The molecule has 38 heavy (non-hydrogen) atoms. The fraction of sp³-hybridized carbons (Fsp3) is 0.192. The minimum absolute atomic E-state index is 0.00229. The van der Waals surface area contributed by atoms with Crippen LogP contribution in [0.3, 0.4) is 0 Å². The molecule has 0 saturated carbocycles. The third kappa shape index (κ3) is 5.41. The molecule has 0 aliphatic carbocycles. The Balaban J connectivity index is 1.48. The summed E-state index contributed by atoms with van der Waals surface area (Å²) < 4.78 is 54.5. The van der Waals surface area contributed by atoms with Gasteiger partial charge in [-0.05, 0) is 60.7 Å². The molecule has 1 saturated heterocycles. The van der Waals surface area contributed by atoms with Crippen LogP contribution in [-0.4, -0.2) is 47.7 Å². The van der Waals surface area contributed by atoms with Crippen LogP contribution in [0, 0.1) is 5.82 Å². The van der Waals surface area contributed by atoms with Crippen molar-refractivity contribution in [2.24, 2.45) is 0 Å². The Labute approximate surface area is 228 Å². The summed E-state index contributed by atoms with van der Waals surface area (Å²) in [5.41, 5.74) is 1.11. The average Bonchev–Trinajstić information content (AvgIpc) is 3.24. The average molecular weight is 576 g/mol. The number of amides is 1. The van der Waals surface area contributed by atoms with Crippen LogP contribution in [0.25, 0.3) is 10.1 Å². The highest BCUT2D eigenvalue weighted by Gasteiger charge is 2.25. The molecule has 0 atom stereocenters. The number of carbonyl (C=O) groups is 1. The molecule has 1 aliphatic rings. The second-order valence-corrected chi connectivity index (χ2v) is 11.5. The highest BCUT2D eigenvalue weighted by molar-refractivity contribution is 7.92. The Morgan fingerprint density at radius 2 is 1.76 bits per heavy atom. The van der Waals surface area contributed by atoms with Gasteiger partial charge in [-0.1, -0.05) is 11.6 Å². The Kier molecular flexibility index (Phi) is 7.44. The minimum atomic E-state index is -4.06. The zero-order valence-corrected chi connectivity index (χ0v) is 22.6. The van der Waals surface area contributed by atoms with Crippen molar-refractivity contribution in [3.63, 3.8) is 0 Å². The molecule has 4 aromatic rings. The standard InChI is InChI=1S/C26H23ClFN3O5S2/c1-35-19-6-3-17(4-7-19)30-38(33,34)23-15-18(5-9-21(23)31-10-12-36-13-11-31)29-26(32)25-24(27)20-8-2-16(28)14-22(20)37-25/h2-9,14-15,30H,10-13H2,1H3,(H,29,32). The maximum absolute atomic E-state index is 13.6. The number of thiophene rings is 1. The molecule has 3 aromatic carbocycles. The van der Waals surface area contributed by atoms with Gasteiger partial charge in [0.2, 0.25) is 0 Å². The van der Waals surface area contributed by atoms with Crippen LogP contribution in [0.2, 0.25) is 5.02 Å². The normalized spacial score (nSPS) is 13.9. The highest BCUT2D eigenvalue weighted by atomic mass is 35.5. The number of nitrogens with zero attached hydrogens (tertiary/aromatic N) is 1. The molecule has 1 fully saturated rings. The van der Waals surface area contributed by atoms with Crippen molar-refractivity contribution in [3.8, 4) is 5.75 Å². The van der Waals surface area contributed by atoms with E-state index in [1.807, 2.05) is 4.90 Å². The van der Waals surface area contributed by atoms with Gasteiger partial charge in [-0.25, -0.2) is 12.8 Å². The molecule has 5 rings (SSSR count). The molecular formula is C26H23ClFN3O5S2. The summed E-state index contributed by atoms with van der Waals surface area (Å²) in [5.74, 6) is -0.364. The van der Waals surface area contributed by atoms with Gasteiger partial charge in [0, 0.05) is 34.6 Å². The van der Waals surface area contributed by atoms with E-state index in [1.54, 1.807) is 36.4 Å². The van der Waals surface area contributed by atoms with Crippen LogP contribution in [0.5, 0.6) is 5.75 Å². The van der Waals surface area contributed by atoms with Crippen LogP contribution in [-0.2, 0) is 14.8 Å². The Bertz CT molecular complexity index is 1600. The van der Waals surface area contributed by atoms with Crippen molar-refractivity contribution in [3.05, 3.63) is 76.4 Å². The molecule has 1 aromatic heterocycles. The van der Waals surface area contributed by atoms with Gasteiger partial charge in [-0.15, -0.1) is 11.3 Å². The lowest BCUT2D eigenvalue weighted by molar-refractivity contribution is 0.103. The molecule has 1 aliphatic heterocycles. The van der Waals surface area contributed by atoms with Crippen molar-refractivity contribution in [2.45, 2.75) is 4.90 Å². The van der Waals surface area contributed by atoms with Gasteiger partial charge in [-0.3, -0.25) is 9.52 Å². The predicted molar refractivity (Wildman–Crippen MR) is 148 cm³/mol. The number of methoxy groups -OCH3 is 1. The van der Waals surface area contributed by atoms with E-state index in [0.717, 1.165) is 11.3 Å². The fourth-order valence-corrected chi connectivity index (χ4v) is 6.86. The molecule has 1 amide bonds. The summed E-state index contributed by atoms with van der Waals surface area (Å²) in [6.45, 7) is 1.97.